The van der Waals surface area contributed by atoms with Crippen molar-refractivity contribution in [1.29, 1.82) is 5.26 Å². The zero-order chi connectivity index (χ0) is 16.2. The molecule has 7 heteroatoms. The van der Waals surface area contributed by atoms with E-state index in [-0.39, 0.29) is 5.56 Å². The first-order valence-electron chi connectivity index (χ1n) is 8.00. The SMILES string of the molecule is BNC1CCN(CCn2c(=O)cnc3ccc(C#N)cc32)CC1. The summed E-state index contributed by atoms with van der Waals surface area (Å²) < 4.78 is 1.73. The Hall–Kier alpha value is -2.17. The molecule has 0 bridgehead atoms. The Morgan fingerprint density at radius 1 is 1.35 bits per heavy atom. The smallest absolute Gasteiger partial charge is 0.269 e. The highest BCUT2D eigenvalue weighted by atomic mass is 16.1. The second-order valence-corrected chi connectivity index (χ2v) is 5.97. The van der Waals surface area contributed by atoms with E-state index in [1.807, 2.05) is 7.98 Å². The third-order valence-corrected chi connectivity index (χ3v) is 4.61. The molecular weight excluding hydrogens is 289 g/mol. The van der Waals surface area contributed by atoms with Gasteiger partial charge in [-0.2, -0.15) is 5.26 Å². The van der Waals surface area contributed by atoms with E-state index in [2.05, 4.69) is 21.2 Å². The van der Waals surface area contributed by atoms with E-state index < -0.39 is 0 Å². The van der Waals surface area contributed by atoms with Crippen molar-refractivity contribution in [2.24, 2.45) is 0 Å². The molecule has 0 unspecified atom stereocenters. The molecule has 6 nitrogen and oxygen atoms in total. The second kappa shape index (κ2) is 6.94. The standard InChI is InChI=1S/C16H20BN5O/c17-20-13-3-5-21(6-4-13)7-8-22-15-9-12(10-18)1-2-14(15)19-11-16(22)23/h1-2,9,11,13,20H,3-8,17H2. The van der Waals surface area contributed by atoms with Crippen LogP contribution in [0.3, 0.4) is 0 Å². The largest absolute Gasteiger partial charge is 0.359 e. The lowest BCUT2D eigenvalue weighted by atomic mass is 10.0. The minimum atomic E-state index is -0.113. The van der Waals surface area contributed by atoms with Gasteiger partial charge in [-0.1, -0.05) is 0 Å². The summed E-state index contributed by atoms with van der Waals surface area (Å²) in [6.07, 6.45) is 3.64. The van der Waals surface area contributed by atoms with Gasteiger partial charge in [-0.05, 0) is 50.2 Å². The van der Waals surface area contributed by atoms with Gasteiger partial charge >= 0.3 is 0 Å². The van der Waals surface area contributed by atoms with Crippen LogP contribution in [0, 0.1) is 11.3 Å². The van der Waals surface area contributed by atoms with Crippen molar-refractivity contribution >= 4 is 19.0 Å². The fraction of sp³-hybridized carbons (Fsp3) is 0.438. The van der Waals surface area contributed by atoms with Gasteiger partial charge in [-0.15, -0.1) is 0 Å². The summed E-state index contributed by atoms with van der Waals surface area (Å²) in [5.74, 6) is 0. The van der Waals surface area contributed by atoms with E-state index in [1.54, 1.807) is 22.8 Å². The van der Waals surface area contributed by atoms with Crippen LogP contribution in [0.2, 0.25) is 0 Å². The van der Waals surface area contributed by atoms with E-state index in [0.29, 0.717) is 18.2 Å². The van der Waals surface area contributed by atoms with Gasteiger partial charge < -0.3 is 14.7 Å². The highest BCUT2D eigenvalue weighted by molar-refractivity contribution is 6.04. The quantitative estimate of drug-likeness (QED) is 0.797. The Bertz CT molecular complexity index is 789. The van der Waals surface area contributed by atoms with E-state index in [9.17, 15) is 4.79 Å². The molecule has 3 rings (SSSR count). The van der Waals surface area contributed by atoms with Gasteiger partial charge in [0.1, 0.15) is 0 Å². The number of nitrogens with one attached hydrogen (secondary N) is 1. The zero-order valence-electron chi connectivity index (χ0n) is 13.3. The maximum absolute atomic E-state index is 12.2. The molecule has 118 valence electrons. The number of nitriles is 1. The van der Waals surface area contributed by atoms with Crippen molar-refractivity contribution in [2.75, 3.05) is 19.6 Å². The van der Waals surface area contributed by atoms with E-state index in [0.717, 1.165) is 43.5 Å². The predicted octanol–water partition coefficient (Wildman–Crippen LogP) is -0.130. The molecule has 0 spiro atoms. The van der Waals surface area contributed by atoms with Crippen molar-refractivity contribution < 1.29 is 0 Å². The summed E-state index contributed by atoms with van der Waals surface area (Å²) in [6, 6.07) is 8.00. The highest BCUT2D eigenvalue weighted by Crippen LogP contribution is 2.13. The number of piperidine rings is 1. The Labute approximate surface area is 136 Å². The first-order valence-corrected chi connectivity index (χ1v) is 8.00. The molecule has 0 saturated carbocycles. The van der Waals surface area contributed by atoms with Crippen molar-refractivity contribution in [3.8, 4) is 6.07 Å². The maximum atomic E-state index is 12.2. The molecule has 1 saturated heterocycles. The van der Waals surface area contributed by atoms with E-state index in [4.69, 9.17) is 5.26 Å². The van der Waals surface area contributed by atoms with Crippen LogP contribution in [0.4, 0.5) is 0 Å². The first-order chi connectivity index (χ1) is 11.2. The van der Waals surface area contributed by atoms with Crippen molar-refractivity contribution in [3.05, 3.63) is 40.3 Å². The normalized spacial score (nSPS) is 16.5. The van der Waals surface area contributed by atoms with Crippen LogP contribution in [-0.4, -0.2) is 48.1 Å². The fourth-order valence-corrected chi connectivity index (χ4v) is 3.15. The summed E-state index contributed by atoms with van der Waals surface area (Å²) in [6.45, 7) is 3.56. The number of likely N-dealkylation sites (tertiary alicyclic amines) is 1. The molecule has 0 radical (unpaired) electrons. The van der Waals surface area contributed by atoms with Crippen LogP contribution >= 0.6 is 0 Å². The van der Waals surface area contributed by atoms with Crippen molar-refractivity contribution in [3.63, 3.8) is 0 Å². The Balaban J connectivity index is 1.78. The van der Waals surface area contributed by atoms with E-state index in [1.165, 1.54) is 6.20 Å². The number of nitrogens with zero attached hydrogens (tertiary/aromatic N) is 4. The molecule has 0 aliphatic carbocycles. The van der Waals surface area contributed by atoms with Gasteiger partial charge in [-0.25, -0.2) is 4.98 Å². The third kappa shape index (κ3) is 3.44. The predicted molar refractivity (Wildman–Crippen MR) is 91.9 cm³/mol. The lowest BCUT2D eigenvalue weighted by molar-refractivity contribution is 0.201. The highest BCUT2D eigenvalue weighted by Gasteiger charge is 2.17. The zero-order valence-corrected chi connectivity index (χ0v) is 13.3. The van der Waals surface area contributed by atoms with Crippen molar-refractivity contribution in [2.45, 2.75) is 25.4 Å². The van der Waals surface area contributed by atoms with Crippen LogP contribution in [0.15, 0.2) is 29.2 Å². The van der Waals surface area contributed by atoms with Gasteiger partial charge in [-0.3, -0.25) is 4.79 Å². The minimum Gasteiger partial charge on any atom is -0.359 e. The molecule has 23 heavy (non-hydrogen) atoms. The monoisotopic (exact) mass is 309 g/mol. The van der Waals surface area contributed by atoms with Crippen LogP contribution in [0.1, 0.15) is 18.4 Å². The molecule has 2 heterocycles. The van der Waals surface area contributed by atoms with Gasteiger partial charge in [0.25, 0.3) is 5.56 Å². The Morgan fingerprint density at radius 2 is 2.13 bits per heavy atom. The molecule has 1 aliphatic heterocycles. The lowest BCUT2D eigenvalue weighted by Crippen LogP contribution is -2.43. The number of hydrogen-bond acceptors (Lipinski definition) is 5. The molecule has 2 aromatic rings. The molecular formula is C16H20BN5O. The number of rotatable bonds is 4. The van der Waals surface area contributed by atoms with Gasteiger partial charge in [0.15, 0.2) is 7.98 Å². The first kappa shape index (κ1) is 15.7. The third-order valence-electron chi connectivity index (χ3n) is 4.61. The van der Waals surface area contributed by atoms with Crippen LogP contribution in [-0.2, 0) is 6.54 Å². The van der Waals surface area contributed by atoms with Gasteiger partial charge in [0.2, 0.25) is 0 Å². The van der Waals surface area contributed by atoms with Crippen LogP contribution in [0.5, 0.6) is 0 Å². The average Bonchev–Trinajstić information content (AvgIpc) is 2.61. The van der Waals surface area contributed by atoms with Gasteiger partial charge in [0, 0.05) is 13.1 Å². The second-order valence-electron chi connectivity index (χ2n) is 5.97. The number of hydrogen-bond donors (Lipinski definition) is 1. The Kier molecular flexibility index (Phi) is 4.75. The molecule has 0 atom stereocenters. The van der Waals surface area contributed by atoms with Crippen LogP contribution in [0.25, 0.3) is 11.0 Å². The van der Waals surface area contributed by atoms with Crippen LogP contribution < -0.4 is 10.8 Å². The average molecular weight is 309 g/mol. The number of fused-ring (bicyclic) bond motifs is 1. The van der Waals surface area contributed by atoms with E-state index >= 15 is 0 Å². The van der Waals surface area contributed by atoms with Crippen molar-refractivity contribution in [1.82, 2.24) is 19.7 Å². The summed E-state index contributed by atoms with van der Waals surface area (Å²) in [7, 11) is 2.01. The summed E-state index contributed by atoms with van der Waals surface area (Å²) in [4.78, 5) is 18.8. The fourth-order valence-electron chi connectivity index (χ4n) is 3.15. The molecule has 1 fully saturated rings. The molecule has 1 aromatic carbocycles. The Morgan fingerprint density at radius 3 is 2.83 bits per heavy atom. The number of benzene rings is 1. The molecule has 0 amide bonds. The molecule has 1 N–H and O–H groups in total. The molecule has 1 aromatic heterocycles. The van der Waals surface area contributed by atoms with Gasteiger partial charge in [0.05, 0.1) is 28.9 Å². The lowest BCUT2D eigenvalue weighted by Gasteiger charge is -2.32. The minimum absolute atomic E-state index is 0.113. The number of aromatic nitrogens is 2. The summed E-state index contributed by atoms with van der Waals surface area (Å²) in [5.41, 5.74) is 1.92. The topological polar surface area (TPSA) is 73.9 Å². The maximum Gasteiger partial charge on any atom is 0.269 e. The molecule has 1 aliphatic rings. The summed E-state index contributed by atoms with van der Waals surface area (Å²) >= 11 is 0. The summed E-state index contributed by atoms with van der Waals surface area (Å²) in [5, 5.41) is 12.4.